The first-order valence-corrected chi connectivity index (χ1v) is 8.27. The van der Waals surface area contributed by atoms with E-state index in [1.807, 2.05) is 48.2 Å². The summed E-state index contributed by atoms with van der Waals surface area (Å²) in [5.41, 5.74) is 1.81. The maximum Gasteiger partial charge on any atom is 0.254 e. The average molecular weight is 311 g/mol. The number of hydrogen-bond donors (Lipinski definition) is 1. The molecule has 0 spiro atoms. The van der Waals surface area contributed by atoms with Gasteiger partial charge in [-0.05, 0) is 31.0 Å². The van der Waals surface area contributed by atoms with Crippen LogP contribution < -0.4 is 5.32 Å². The van der Waals surface area contributed by atoms with Crippen LogP contribution in [0.2, 0.25) is 0 Å². The highest BCUT2D eigenvalue weighted by atomic mass is 16.2. The topological polar surface area (TPSA) is 45.2 Å². The molecule has 0 saturated heterocycles. The van der Waals surface area contributed by atoms with E-state index in [-0.39, 0.29) is 5.91 Å². The Bertz CT molecular complexity index is 613. The summed E-state index contributed by atoms with van der Waals surface area (Å²) in [5.74, 6) is 0.803. The van der Waals surface area contributed by atoms with Gasteiger partial charge in [0.25, 0.3) is 5.91 Å². The van der Waals surface area contributed by atoms with Gasteiger partial charge in [0.2, 0.25) is 0 Å². The van der Waals surface area contributed by atoms with Gasteiger partial charge < -0.3 is 10.2 Å². The molecule has 0 atom stereocenters. The first-order chi connectivity index (χ1) is 11.2. The van der Waals surface area contributed by atoms with Crippen molar-refractivity contribution in [1.82, 2.24) is 9.88 Å². The first-order valence-electron chi connectivity index (χ1n) is 8.27. The summed E-state index contributed by atoms with van der Waals surface area (Å²) in [7, 11) is 0. The molecule has 1 N–H and O–H groups in total. The maximum absolute atomic E-state index is 12.7. The Labute approximate surface area is 138 Å². The van der Waals surface area contributed by atoms with E-state index in [9.17, 15) is 4.79 Å². The normalized spacial score (nSPS) is 10.3. The zero-order valence-corrected chi connectivity index (χ0v) is 14.0. The molecule has 2 aromatic rings. The molecule has 0 unspecified atom stereocenters. The van der Waals surface area contributed by atoms with Crippen molar-refractivity contribution in [3.8, 4) is 0 Å². The molecule has 0 aliphatic heterocycles. The predicted molar refractivity (Wildman–Crippen MR) is 94.5 cm³/mol. The van der Waals surface area contributed by atoms with Gasteiger partial charge in [-0.1, -0.05) is 43.7 Å². The number of amides is 1. The number of nitrogens with zero attached hydrogens (tertiary/aromatic N) is 2. The van der Waals surface area contributed by atoms with Gasteiger partial charge in [0, 0.05) is 31.4 Å². The van der Waals surface area contributed by atoms with Crippen LogP contribution in [0.1, 0.15) is 42.6 Å². The minimum atomic E-state index is 0.0392. The Morgan fingerprint density at radius 1 is 1.17 bits per heavy atom. The Balaban J connectivity index is 2.06. The minimum Gasteiger partial charge on any atom is -0.370 e. The Morgan fingerprint density at radius 3 is 2.65 bits per heavy atom. The number of hydrogen-bond acceptors (Lipinski definition) is 3. The van der Waals surface area contributed by atoms with Crippen LogP contribution in [-0.2, 0) is 6.54 Å². The van der Waals surface area contributed by atoms with Gasteiger partial charge in [-0.2, -0.15) is 0 Å². The summed E-state index contributed by atoms with van der Waals surface area (Å²) >= 11 is 0. The lowest BCUT2D eigenvalue weighted by molar-refractivity contribution is 0.0752. The molecule has 0 bridgehead atoms. The van der Waals surface area contributed by atoms with E-state index in [0.29, 0.717) is 18.7 Å². The molecule has 0 saturated carbocycles. The monoisotopic (exact) mass is 311 g/mol. The molecule has 1 aromatic carbocycles. The molecular formula is C19H25N3O. The fourth-order valence-corrected chi connectivity index (χ4v) is 2.37. The number of anilines is 1. The predicted octanol–water partition coefficient (Wildman–Crippen LogP) is 3.96. The largest absolute Gasteiger partial charge is 0.370 e. The lowest BCUT2D eigenvalue weighted by atomic mass is 10.1. The number of pyridine rings is 1. The Hall–Kier alpha value is -2.36. The van der Waals surface area contributed by atoms with E-state index >= 15 is 0 Å². The summed E-state index contributed by atoms with van der Waals surface area (Å²) in [4.78, 5) is 18.9. The molecule has 1 heterocycles. The van der Waals surface area contributed by atoms with Crippen molar-refractivity contribution in [3.05, 3.63) is 59.8 Å². The second kappa shape index (κ2) is 8.93. The van der Waals surface area contributed by atoms with E-state index in [4.69, 9.17) is 0 Å². The van der Waals surface area contributed by atoms with E-state index in [0.717, 1.165) is 30.8 Å². The number of aromatic nitrogens is 1. The molecule has 1 aromatic heterocycles. The van der Waals surface area contributed by atoms with E-state index in [2.05, 4.69) is 17.2 Å². The fourth-order valence-electron chi connectivity index (χ4n) is 2.37. The van der Waals surface area contributed by atoms with Crippen LogP contribution in [0, 0.1) is 0 Å². The van der Waals surface area contributed by atoms with Gasteiger partial charge in [-0.25, -0.2) is 4.98 Å². The third-order valence-electron chi connectivity index (χ3n) is 3.73. The second-order valence-corrected chi connectivity index (χ2v) is 5.52. The highest BCUT2D eigenvalue weighted by molar-refractivity contribution is 5.94. The summed E-state index contributed by atoms with van der Waals surface area (Å²) < 4.78 is 0. The van der Waals surface area contributed by atoms with E-state index in [1.165, 1.54) is 0 Å². The maximum atomic E-state index is 12.7. The summed E-state index contributed by atoms with van der Waals surface area (Å²) in [6.45, 7) is 6.33. The summed E-state index contributed by atoms with van der Waals surface area (Å²) in [6, 6.07) is 13.7. The Kier molecular flexibility index (Phi) is 6.60. The molecule has 23 heavy (non-hydrogen) atoms. The van der Waals surface area contributed by atoms with Crippen LogP contribution in [0.3, 0.4) is 0 Å². The van der Waals surface area contributed by atoms with Crippen molar-refractivity contribution in [2.75, 3.05) is 18.4 Å². The third kappa shape index (κ3) is 5.09. The molecule has 122 valence electrons. The SMILES string of the molecule is CCCCNc1cc(C(=O)N(CC)Cc2ccccc2)ccn1. The molecular weight excluding hydrogens is 286 g/mol. The molecule has 4 heteroatoms. The standard InChI is InChI=1S/C19H25N3O/c1-3-5-12-20-18-14-17(11-13-21-18)19(23)22(4-2)15-16-9-7-6-8-10-16/h6-11,13-14H,3-5,12,15H2,1-2H3,(H,20,21). The number of nitrogens with one attached hydrogen (secondary N) is 1. The van der Waals surface area contributed by atoms with Crippen LogP contribution in [0.5, 0.6) is 0 Å². The number of rotatable bonds is 8. The first kappa shape index (κ1) is 17.0. The molecule has 0 fully saturated rings. The van der Waals surface area contributed by atoms with Crippen molar-refractivity contribution in [1.29, 1.82) is 0 Å². The smallest absolute Gasteiger partial charge is 0.254 e. The van der Waals surface area contributed by atoms with Crippen molar-refractivity contribution in [3.63, 3.8) is 0 Å². The Morgan fingerprint density at radius 2 is 1.96 bits per heavy atom. The van der Waals surface area contributed by atoms with Crippen LogP contribution in [0.4, 0.5) is 5.82 Å². The van der Waals surface area contributed by atoms with Crippen molar-refractivity contribution < 1.29 is 4.79 Å². The minimum absolute atomic E-state index is 0.0392. The quantitative estimate of drug-likeness (QED) is 0.751. The van der Waals surface area contributed by atoms with Gasteiger partial charge in [0.15, 0.2) is 0 Å². The average Bonchev–Trinajstić information content (AvgIpc) is 2.60. The molecule has 0 aliphatic rings. The molecule has 4 nitrogen and oxygen atoms in total. The zero-order chi connectivity index (χ0) is 16.5. The van der Waals surface area contributed by atoms with E-state index < -0.39 is 0 Å². The molecule has 0 aliphatic carbocycles. The molecule has 0 radical (unpaired) electrons. The van der Waals surface area contributed by atoms with Crippen molar-refractivity contribution >= 4 is 11.7 Å². The van der Waals surface area contributed by atoms with Crippen LogP contribution >= 0.6 is 0 Å². The number of carbonyl (C=O) groups is 1. The third-order valence-corrected chi connectivity index (χ3v) is 3.73. The number of carbonyl (C=O) groups excluding carboxylic acids is 1. The fraction of sp³-hybridized carbons (Fsp3) is 0.368. The zero-order valence-electron chi connectivity index (χ0n) is 14.0. The highest BCUT2D eigenvalue weighted by Gasteiger charge is 2.15. The lowest BCUT2D eigenvalue weighted by Gasteiger charge is -2.21. The van der Waals surface area contributed by atoms with Crippen molar-refractivity contribution in [2.24, 2.45) is 0 Å². The number of unbranched alkanes of at least 4 members (excludes halogenated alkanes) is 1. The van der Waals surface area contributed by atoms with Crippen LogP contribution in [0.25, 0.3) is 0 Å². The van der Waals surface area contributed by atoms with Gasteiger partial charge in [0.05, 0.1) is 0 Å². The number of benzene rings is 1. The van der Waals surface area contributed by atoms with Crippen molar-refractivity contribution in [2.45, 2.75) is 33.2 Å². The summed E-state index contributed by atoms with van der Waals surface area (Å²) in [5, 5.41) is 3.27. The summed E-state index contributed by atoms with van der Waals surface area (Å²) in [6.07, 6.45) is 3.92. The van der Waals surface area contributed by atoms with Crippen LogP contribution in [-0.4, -0.2) is 28.9 Å². The van der Waals surface area contributed by atoms with Gasteiger partial charge >= 0.3 is 0 Å². The van der Waals surface area contributed by atoms with Crippen LogP contribution in [0.15, 0.2) is 48.7 Å². The van der Waals surface area contributed by atoms with E-state index in [1.54, 1.807) is 12.3 Å². The second-order valence-electron chi connectivity index (χ2n) is 5.52. The lowest BCUT2D eigenvalue weighted by Crippen LogP contribution is -2.30. The van der Waals surface area contributed by atoms with Gasteiger partial charge in [-0.3, -0.25) is 4.79 Å². The van der Waals surface area contributed by atoms with Gasteiger partial charge in [0.1, 0.15) is 5.82 Å². The molecule has 2 rings (SSSR count). The highest BCUT2D eigenvalue weighted by Crippen LogP contribution is 2.13. The molecule has 1 amide bonds. The van der Waals surface area contributed by atoms with Gasteiger partial charge in [-0.15, -0.1) is 0 Å².